The molecule has 0 radical (unpaired) electrons. The first-order valence-electron chi connectivity index (χ1n) is 7.08. The summed E-state index contributed by atoms with van der Waals surface area (Å²) in [7, 11) is 1.36. The lowest BCUT2D eigenvalue weighted by Gasteiger charge is -2.05. The van der Waals surface area contributed by atoms with Gasteiger partial charge in [0.25, 0.3) is 0 Å². The normalized spacial score (nSPS) is 9.67. The number of hydrogen-bond donors (Lipinski definition) is 3. The first-order valence-corrected chi connectivity index (χ1v) is 7.08. The monoisotopic (exact) mass is 332 g/mol. The number of aromatic carboxylic acids is 2. The van der Waals surface area contributed by atoms with E-state index in [-0.39, 0.29) is 17.1 Å². The molecule has 0 saturated carbocycles. The molecule has 2 aromatic rings. The van der Waals surface area contributed by atoms with E-state index < -0.39 is 11.9 Å². The predicted octanol–water partition coefficient (Wildman–Crippen LogP) is 3.41. The Kier molecular flexibility index (Phi) is 6.35. The van der Waals surface area contributed by atoms with Crippen molar-refractivity contribution in [3.63, 3.8) is 0 Å². The zero-order valence-corrected chi connectivity index (χ0v) is 14.0. The Balaban J connectivity index is 0.000000240. The van der Waals surface area contributed by atoms with Gasteiger partial charge in [-0.3, -0.25) is 0 Å². The Bertz CT molecular complexity index is 764. The molecule has 0 spiro atoms. The van der Waals surface area contributed by atoms with Gasteiger partial charge in [-0.1, -0.05) is 6.07 Å². The van der Waals surface area contributed by atoms with Crippen molar-refractivity contribution in [3.05, 3.63) is 58.1 Å². The fourth-order valence-corrected chi connectivity index (χ4v) is 2.00. The van der Waals surface area contributed by atoms with Crippen LogP contribution in [0.3, 0.4) is 0 Å². The third-order valence-corrected chi connectivity index (χ3v) is 3.50. The van der Waals surface area contributed by atoms with Gasteiger partial charge in [0.15, 0.2) is 11.5 Å². The molecule has 2 rings (SSSR count). The van der Waals surface area contributed by atoms with Gasteiger partial charge >= 0.3 is 11.9 Å². The average Bonchev–Trinajstić information content (AvgIpc) is 2.51. The predicted molar refractivity (Wildman–Crippen MR) is 89.2 cm³/mol. The molecule has 0 aliphatic rings. The van der Waals surface area contributed by atoms with E-state index in [1.54, 1.807) is 6.07 Å². The number of ether oxygens (including phenoxy) is 1. The molecule has 0 unspecified atom stereocenters. The molecule has 2 aromatic carbocycles. The SMILES string of the molecule is COc1cc(C(=O)O)ccc1O.Cc1cc(C)c(C(=O)O)cc1C. The van der Waals surface area contributed by atoms with E-state index in [0.717, 1.165) is 16.7 Å². The van der Waals surface area contributed by atoms with Gasteiger partial charge in [0.2, 0.25) is 0 Å². The van der Waals surface area contributed by atoms with E-state index in [1.165, 1.54) is 25.3 Å². The van der Waals surface area contributed by atoms with Gasteiger partial charge in [-0.2, -0.15) is 0 Å². The molecule has 3 N–H and O–H groups in total. The minimum Gasteiger partial charge on any atom is -0.504 e. The van der Waals surface area contributed by atoms with Crippen molar-refractivity contribution in [2.45, 2.75) is 20.8 Å². The summed E-state index contributed by atoms with van der Waals surface area (Å²) in [6.07, 6.45) is 0. The van der Waals surface area contributed by atoms with Gasteiger partial charge in [0, 0.05) is 0 Å². The third kappa shape index (κ3) is 4.74. The van der Waals surface area contributed by atoms with E-state index in [0.29, 0.717) is 5.56 Å². The van der Waals surface area contributed by atoms with Crippen LogP contribution in [0.2, 0.25) is 0 Å². The number of rotatable bonds is 3. The van der Waals surface area contributed by atoms with Crippen molar-refractivity contribution < 1.29 is 29.6 Å². The van der Waals surface area contributed by atoms with Crippen LogP contribution >= 0.6 is 0 Å². The van der Waals surface area contributed by atoms with Crippen LogP contribution in [0.25, 0.3) is 0 Å². The summed E-state index contributed by atoms with van der Waals surface area (Å²) in [5, 5.41) is 26.4. The van der Waals surface area contributed by atoms with E-state index in [4.69, 9.17) is 20.1 Å². The van der Waals surface area contributed by atoms with Crippen molar-refractivity contribution in [3.8, 4) is 11.5 Å². The Labute approximate surface area is 140 Å². The van der Waals surface area contributed by atoms with E-state index in [2.05, 4.69) is 0 Å². The fraction of sp³-hybridized carbons (Fsp3) is 0.222. The summed E-state index contributed by atoms with van der Waals surface area (Å²) in [5.41, 5.74) is 3.48. The second-order valence-electron chi connectivity index (χ2n) is 5.25. The largest absolute Gasteiger partial charge is 0.504 e. The molecule has 0 amide bonds. The first kappa shape index (κ1) is 19.0. The van der Waals surface area contributed by atoms with Gasteiger partial charge in [0.05, 0.1) is 18.2 Å². The number of hydrogen-bond acceptors (Lipinski definition) is 4. The molecule has 0 atom stereocenters. The maximum atomic E-state index is 10.7. The number of carboxylic acid groups (broad SMARTS) is 2. The van der Waals surface area contributed by atoms with Crippen LogP contribution in [-0.2, 0) is 0 Å². The van der Waals surface area contributed by atoms with Crippen molar-refractivity contribution in [1.82, 2.24) is 0 Å². The second-order valence-corrected chi connectivity index (χ2v) is 5.25. The number of carbonyl (C=O) groups is 2. The number of aromatic hydroxyl groups is 1. The summed E-state index contributed by atoms with van der Waals surface area (Å²) in [4.78, 5) is 21.1. The lowest BCUT2D eigenvalue weighted by Crippen LogP contribution is -2.00. The topological polar surface area (TPSA) is 104 Å². The lowest BCUT2D eigenvalue weighted by molar-refractivity contribution is 0.0685. The zero-order chi connectivity index (χ0) is 18.4. The molecule has 0 heterocycles. The smallest absolute Gasteiger partial charge is 0.335 e. The Morgan fingerprint density at radius 2 is 1.46 bits per heavy atom. The summed E-state index contributed by atoms with van der Waals surface area (Å²) < 4.78 is 4.72. The van der Waals surface area contributed by atoms with Crippen LogP contribution in [-0.4, -0.2) is 34.4 Å². The maximum absolute atomic E-state index is 10.7. The lowest BCUT2D eigenvalue weighted by atomic mass is 10.0. The van der Waals surface area contributed by atoms with Crippen LogP contribution in [0, 0.1) is 20.8 Å². The summed E-state index contributed by atoms with van der Waals surface area (Å²) >= 11 is 0. The molecule has 0 aromatic heterocycles. The molecular weight excluding hydrogens is 312 g/mol. The van der Waals surface area contributed by atoms with E-state index >= 15 is 0 Å². The van der Waals surface area contributed by atoms with E-state index in [9.17, 15) is 9.59 Å². The summed E-state index contributed by atoms with van der Waals surface area (Å²) in [6, 6.07) is 7.46. The standard InChI is InChI=1S/C10H12O2.C8H8O4/c1-6-4-8(3)9(10(11)12)5-7(6)2;1-12-7-4-5(8(10)11)2-3-6(7)9/h4-5H,1-3H3,(H,11,12);2-4,9H,1H3,(H,10,11). The molecule has 0 aliphatic carbocycles. The van der Waals surface area contributed by atoms with Crippen molar-refractivity contribution >= 4 is 11.9 Å². The van der Waals surface area contributed by atoms with Crippen molar-refractivity contribution in [1.29, 1.82) is 0 Å². The van der Waals surface area contributed by atoms with Crippen LogP contribution in [0.4, 0.5) is 0 Å². The molecule has 24 heavy (non-hydrogen) atoms. The first-order chi connectivity index (χ1) is 11.2. The van der Waals surface area contributed by atoms with E-state index in [1.807, 2.05) is 26.8 Å². The van der Waals surface area contributed by atoms with Gasteiger partial charge in [0.1, 0.15) is 0 Å². The third-order valence-electron chi connectivity index (χ3n) is 3.50. The van der Waals surface area contributed by atoms with Crippen LogP contribution < -0.4 is 4.74 Å². The highest BCUT2D eigenvalue weighted by atomic mass is 16.5. The zero-order valence-electron chi connectivity index (χ0n) is 14.0. The Morgan fingerprint density at radius 1 is 0.875 bits per heavy atom. The van der Waals surface area contributed by atoms with Crippen LogP contribution in [0.5, 0.6) is 11.5 Å². The van der Waals surface area contributed by atoms with Crippen molar-refractivity contribution in [2.24, 2.45) is 0 Å². The highest BCUT2D eigenvalue weighted by Gasteiger charge is 2.08. The molecule has 0 aliphatic heterocycles. The van der Waals surface area contributed by atoms with Gasteiger partial charge < -0.3 is 20.1 Å². The van der Waals surface area contributed by atoms with Crippen LogP contribution in [0.1, 0.15) is 37.4 Å². The Hall–Kier alpha value is -3.02. The van der Waals surface area contributed by atoms with Gasteiger partial charge in [-0.05, 0) is 61.7 Å². The highest BCUT2D eigenvalue weighted by molar-refractivity contribution is 5.89. The van der Waals surface area contributed by atoms with Gasteiger partial charge in [-0.25, -0.2) is 9.59 Å². The van der Waals surface area contributed by atoms with Crippen LogP contribution in [0.15, 0.2) is 30.3 Å². The minimum absolute atomic E-state index is 0.0671. The number of methoxy groups -OCH3 is 1. The second kappa shape index (κ2) is 8.01. The highest BCUT2D eigenvalue weighted by Crippen LogP contribution is 2.25. The number of phenolic OH excluding ortho intramolecular Hbond substituents is 1. The number of benzene rings is 2. The number of phenols is 1. The minimum atomic E-state index is -1.05. The molecule has 0 fully saturated rings. The molecular formula is C18H20O6. The molecule has 128 valence electrons. The molecule has 0 bridgehead atoms. The fourth-order valence-electron chi connectivity index (χ4n) is 2.00. The number of carboxylic acids is 2. The molecule has 6 nitrogen and oxygen atoms in total. The summed E-state index contributed by atoms with van der Waals surface area (Å²) in [6.45, 7) is 5.71. The maximum Gasteiger partial charge on any atom is 0.335 e. The molecule has 6 heteroatoms. The summed E-state index contributed by atoms with van der Waals surface area (Å²) in [5.74, 6) is -1.80. The average molecular weight is 332 g/mol. The quantitative estimate of drug-likeness (QED) is 0.795. The molecule has 0 saturated heterocycles. The Morgan fingerprint density at radius 3 is 1.96 bits per heavy atom. The number of aryl methyl sites for hydroxylation is 3. The van der Waals surface area contributed by atoms with Gasteiger partial charge in [-0.15, -0.1) is 0 Å². The van der Waals surface area contributed by atoms with Crippen molar-refractivity contribution in [2.75, 3.05) is 7.11 Å².